The molecule has 5 rings (SSSR count). The summed E-state index contributed by atoms with van der Waals surface area (Å²) in [4.78, 5) is 43.9. The third kappa shape index (κ3) is 7.62. The van der Waals surface area contributed by atoms with Gasteiger partial charge in [-0.15, -0.1) is 0 Å². The summed E-state index contributed by atoms with van der Waals surface area (Å²) in [7, 11) is -5.98. The molecule has 0 aromatic heterocycles. The molecule has 0 saturated heterocycles. The molecule has 0 bridgehead atoms. The van der Waals surface area contributed by atoms with Crippen molar-refractivity contribution in [3.8, 4) is 11.1 Å². The van der Waals surface area contributed by atoms with Crippen LogP contribution in [-0.4, -0.2) is 34.1 Å². The average Bonchev–Trinajstić information content (AvgIpc) is 3.34. The molecule has 1 aliphatic rings. The van der Waals surface area contributed by atoms with Crippen LogP contribution in [0.3, 0.4) is 0 Å². The van der Waals surface area contributed by atoms with Gasteiger partial charge in [0.2, 0.25) is 0 Å². The molecule has 0 fully saturated rings. The standard InChI is InChI=1S/C34H32F2N3O7P/c1-33(2,3)46-31(40)28-18-23(15-16-30(28)34(35,36)47(42,43)44)39-38-22-10-8-9-21(17-22)19-37-32(41)45-20-29-26-13-6-4-11-24(26)25-12-5-7-14-27(25)29/h4-18,29H,19-20H2,1-3H3,(H,37,41)(H2,42,43,44). The number of benzene rings is 4. The van der Waals surface area contributed by atoms with Crippen molar-refractivity contribution in [2.24, 2.45) is 10.2 Å². The molecule has 13 heteroatoms. The molecule has 10 nitrogen and oxygen atoms in total. The molecule has 0 atom stereocenters. The molecular weight excluding hydrogens is 631 g/mol. The van der Waals surface area contributed by atoms with Gasteiger partial charge in [0.25, 0.3) is 0 Å². The van der Waals surface area contributed by atoms with E-state index in [0.717, 1.165) is 34.4 Å². The topological polar surface area (TPSA) is 147 Å². The lowest BCUT2D eigenvalue weighted by Crippen LogP contribution is -2.26. The van der Waals surface area contributed by atoms with Crippen LogP contribution in [0.2, 0.25) is 0 Å². The largest absolute Gasteiger partial charge is 0.456 e. The van der Waals surface area contributed by atoms with Gasteiger partial charge >= 0.3 is 25.3 Å². The second-order valence-electron chi connectivity index (χ2n) is 11.9. The van der Waals surface area contributed by atoms with Crippen LogP contribution in [0.5, 0.6) is 0 Å². The van der Waals surface area contributed by atoms with Crippen LogP contribution in [0, 0.1) is 0 Å². The van der Waals surface area contributed by atoms with Crippen LogP contribution in [-0.2, 0) is 26.2 Å². The number of carbonyl (C=O) groups is 2. The first-order valence-corrected chi connectivity index (χ1v) is 16.2. The zero-order chi connectivity index (χ0) is 34.0. The summed E-state index contributed by atoms with van der Waals surface area (Å²) in [6, 6.07) is 25.4. The monoisotopic (exact) mass is 663 g/mol. The number of alkyl halides is 2. The lowest BCUT2D eigenvalue weighted by Gasteiger charge is -2.23. The average molecular weight is 664 g/mol. The van der Waals surface area contributed by atoms with Crippen molar-refractivity contribution < 1.29 is 42.2 Å². The zero-order valence-electron chi connectivity index (χ0n) is 25.7. The van der Waals surface area contributed by atoms with Gasteiger partial charge in [0, 0.05) is 18.0 Å². The Morgan fingerprint density at radius 1 is 0.851 bits per heavy atom. The normalized spacial score (nSPS) is 13.3. The summed E-state index contributed by atoms with van der Waals surface area (Å²) in [5.41, 5.74) is -2.25. The van der Waals surface area contributed by atoms with E-state index in [4.69, 9.17) is 9.47 Å². The van der Waals surface area contributed by atoms with Crippen LogP contribution in [0.25, 0.3) is 11.1 Å². The van der Waals surface area contributed by atoms with Gasteiger partial charge < -0.3 is 24.6 Å². The number of nitrogens with one attached hydrogen (secondary N) is 1. The van der Waals surface area contributed by atoms with Crippen molar-refractivity contribution in [3.63, 3.8) is 0 Å². The minimum absolute atomic E-state index is 0.0433. The fraction of sp³-hybridized carbons (Fsp3) is 0.235. The number of hydrogen-bond acceptors (Lipinski definition) is 7. The first-order chi connectivity index (χ1) is 22.1. The number of amides is 1. The maximum absolute atomic E-state index is 14.7. The Labute approximate surface area is 269 Å². The minimum atomic E-state index is -5.98. The second-order valence-corrected chi connectivity index (χ2v) is 13.5. The van der Waals surface area contributed by atoms with Crippen molar-refractivity contribution >= 4 is 31.0 Å². The van der Waals surface area contributed by atoms with E-state index in [-0.39, 0.29) is 24.8 Å². The fourth-order valence-corrected chi connectivity index (χ4v) is 5.69. The quantitative estimate of drug-likeness (QED) is 0.0927. The lowest BCUT2D eigenvalue weighted by molar-refractivity contribution is 0.00506. The van der Waals surface area contributed by atoms with E-state index < -0.39 is 42.0 Å². The van der Waals surface area contributed by atoms with Gasteiger partial charge in [0.15, 0.2) is 0 Å². The first kappa shape index (κ1) is 33.6. The van der Waals surface area contributed by atoms with Crippen molar-refractivity contribution in [2.75, 3.05) is 6.61 Å². The van der Waals surface area contributed by atoms with E-state index in [0.29, 0.717) is 17.3 Å². The highest BCUT2D eigenvalue weighted by atomic mass is 31.2. The van der Waals surface area contributed by atoms with Gasteiger partial charge in [-0.25, -0.2) is 9.59 Å². The van der Waals surface area contributed by atoms with E-state index in [1.807, 2.05) is 36.4 Å². The summed E-state index contributed by atoms with van der Waals surface area (Å²) >= 11 is 0. The first-order valence-electron chi connectivity index (χ1n) is 14.5. The molecule has 0 spiro atoms. The van der Waals surface area contributed by atoms with E-state index in [1.165, 1.54) is 20.8 Å². The molecule has 0 aliphatic heterocycles. The van der Waals surface area contributed by atoms with Crippen LogP contribution >= 0.6 is 7.60 Å². The molecule has 1 amide bonds. The number of rotatable bonds is 9. The molecule has 4 aromatic rings. The Morgan fingerprint density at radius 2 is 1.45 bits per heavy atom. The van der Waals surface area contributed by atoms with E-state index in [1.54, 1.807) is 24.3 Å². The highest BCUT2D eigenvalue weighted by molar-refractivity contribution is 7.52. The third-order valence-electron chi connectivity index (χ3n) is 7.28. The third-order valence-corrected chi connectivity index (χ3v) is 8.26. The highest BCUT2D eigenvalue weighted by Crippen LogP contribution is 2.60. The van der Waals surface area contributed by atoms with Crippen LogP contribution in [0.15, 0.2) is 101 Å². The molecule has 47 heavy (non-hydrogen) atoms. The molecule has 4 aromatic carbocycles. The second kappa shape index (κ2) is 13.2. The SMILES string of the molecule is CC(C)(C)OC(=O)c1cc(N=Nc2cccc(CNC(=O)OCC3c4ccccc4-c4ccccc43)c2)ccc1C(F)(F)P(=O)(O)O. The van der Waals surface area contributed by atoms with Crippen LogP contribution < -0.4 is 5.32 Å². The van der Waals surface area contributed by atoms with Crippen molar-refractivity contribution in [1.29, 1.82) is 0 Å². The Balaban J connectivity index is 1.25. The Hall–Kier alpha value is -4.77. The predicted octanol–water partition coefficient (Wildman–Crippen LogP) is 8.32. The Kier molecular flexibility index (Phi) is 9.40. The summed E-state index contributed by atoms with van der Waals surface area (Å²) in [6.07, 6.45) is -0.597. The molecule has 0 saturated carbocycles. The number of azo groups is 1. The smallest absolute Gasteiger partial charge is 0.407 e. The zero-order valence-corrected chi connectivity index (χ0v) is 26.6. The van der Waals surface area contributed by atoms with Gasteiger partial charge in [-0.3, -0.25) is 4.57 Å². The van der Waals surface area contributed by atoms with Crippen LogP contribution in [0.1, 0.15) is 59.3 Å². The van der Waals surface area contributed by atoms with E-state index >= 15 is 0 Å². The number of esters is 1. The number of hydrogen-bond donors (Lipinski definition) is 3. The van der Waals surface area contributed by atoms with Crippen LogP contribution in [0.4, 0.5) is 25.0 Å². The fourth-order valence-electron chi connectivity index (χ4n) is 5.18. The van der Waals surface area contributed by atoms with Gasteiger partial charge in [-0.05, 0) is 78.9 Å². The van der Waals surface area contributed by atoms with Gasteiger partial charge in [0.05, 0.1) is 16.9 Å². The Bertz CT molecular complexity index is 1860. The minimum Gasteiger partial charge on any atom is -0.456 e. The number of alkyl carbamates (subject to hydrolysis) is 1. The molecule has 3 N–H and O–H groups in total. The summed E-state index contributed by atoms with van der Waals surface area (Å²) < 4.78 is 51.6. The number of ether oxygens (including phenoxy) is 2. The van der Waals surface area contributed by atoms with Crippen molar-refractivity contribution in [2.45, 2.75) is 44.5 Å². The molecule has 0 unspecified atom stereocenters. The number of fused-ring (bicyclic) bond motifs is 3. The van der Waals surface area contributed by atoms with Gasteiger partial charge in [0.1, 0.15) is 12.2 Å². The number of halogens is 2. The summed E-state index contributed by atoms with van der Waals surface area (Å²) in [6.45, 7) is 4.84. The maximum Gasteiger partial charge on any atom is 0.407 e. The van der Waals surface area contributed by atoms with E-state index in [9.17, 15) is 32.7 Å². The summed E-state index contributed by atoms with van der Waals surface area (Å²) in [5.74, 6) is -1.29. The van der Waals surface area contributed by atoms with Crippen molar-refractivity contribution in [3.05, 3.63) is 119 Å². The predicted molar refractivity (Wildman–Crippen MR) is 170 cm³/mol. The number of carbonyl (C=O) groups excluding carboxylic acids is 2. The summed E-state index contributed by atoms with van der Waals surface area (Å²) in [5, 5.41) is 10.8. The van der Waals surface area contributed by atoms with Gasteiger partial charge in [-0.1, -0.05) is 60.7 Å². The molecule has 1 aliphatic carbocycles. The Morgan fingerprint density at radius 3 is 2.04 bits per heavy atom. The van der Waals surface area contributed by atoms with Gasteiger partial charge in [-0.2, -0.15) is 19.0 Å². The molecular formula is C34H32F2N3O7P. The molecule has 244 valence electrons. The molecule has 0 radical (unpaired) electrons. The van der Waals surface area contributed by atoms with Crippen molar-refractivity contribution in [1.82, 2.24) is 5.32 Å². The lowest BCUT2D eigenvalue weighted by atomic mass is 9.98. The van der Waals surface area contributed by atoms with E-state index in [2.05, 4.69) is 27.7 Å². The highest BCUT2D eigenvalue weighted by Gasteiger charge is 2.52. The molecule has 0 heterocycles. The number of nitrogens with zero attached hydrogens (tertiary/aromatic N) is 2. The maximum atomic E-state index is 14.7.